The molecule has 1 aliphatic rings. The topological polar surface area (TPSA) is 73.8 Å². The van der Waals surface area contributed by atoms with E-state index in [1.54, 1.807) is 33.5 Å². The molecule has 1 aliphatic heterocycles. The van der Waals surface area contributed by atoms with Crippen molar-refractivity contribution in [1.29, 1.82) is 0 Å². The zero-order chi connectivity index (χ0) is 26.0. The second kappa shape index (κ2) is 12.2. The smallest absolute Gasteiger partial charge is 0.260 e. The Morgan fingerprint density at radius 3 is 2.30 bits per heavy atom. The number of hydrogen-bond donors (Lipinski definition) is 0. The molecule has 4 rings (SSSR count). The minimum Gasteiger partial charge on any atom is -0.309 e. The number of carbonyl (C=O) groups is 1. The SMILES string of the molecule is Cc1cc2nc(N(CCCN(C)C)C(=O)c3ccc(S(=O)(=O)N4CCC(C)CC4)cc3)sc2cc1C.Cl. The summed E-state index contributed by atoms with van der Waals surface area (Å²) in [6.07, 6.45) is 2.55. The van der Waals surface area contributed by atoms with Gasteiger partial charge in [0.15, 0.2) is 5.13 Å². The molecule has 0 unspecified atom stereocenters. The van der Waals surface area contributed by atoms with Crippen LogP contribution in [0.15, 0.2) is 41.3 Å². The van der Waals surface area contributed by atoms with Crippen molar-refractivity contribution in [2.75, 3.05) is 45.2 Å². The lowest BCUT2D eigenvalue weighted by molar-refractivity contribution is 0.0986. The summed E-state index contributed by atoms with van der Waals surface area (Å²) in [6.45, 7) is 8.75. The number of nitrogens with zero attached hydrogens (tertiary/aromatic N) is 4. The Morgan fingerprint density at radius 2 is 1.68 bits per heavy atom. The van der Waals surface area contributed by atoms with E-state index >= 15 is 0 Å². The fraction of sp³-hybridized carbons (Fsp3) is 0.481. The first-order chi connectivity index (χ1) is 17.1. The predicted octanol–water partition coefficient (Wildman–Crippen LogP) is 5.35. The summed E-state index contributed by atoms with van der Waals surface area (Å²) in [5.41, 5.74) is 3.71. The summed E-state index contributed by atoms with van der Waals surface area (Å²) in [5.74, 6) is 0.377. The Bertz CT molecular complexity index is 1290. The minimum absolute atomic E-state index is 0. The highest BCUT2D eigenvalue weighted by molar-refractivity contribution is 7.89. The number of carbonyl (C=O) groups excluding carboxylic acids is 1. The number of anilines is 1. The van der Waals surface area contributed by atoms with Gasteiger partial charge in [0.1, 0.15) is 0 Å². The Balaban J connectivity index is 0.00000380. The molecule has 0 atom stereocenters. The van der Waals surface area contributed by atoms with Gasteiger partial charge in [-0.25, -0.2) is 13.4 Å². The summed E-state index contributed by atoms with van der Waals surface area (Å²) in [7, 11) is 0.466. The van der Waals surface area contributed by atoms with Gasteiger partial charge in [0.25, 0.3) is 5.91 Å². The third kappa shape index (κ3) is 6.70. The van der Waals surface area contributed by atoms with Gasteiger partial charge < -0.3 is 4.90 Å². The van der Waals surface area contributed by atoms with E-state index in [9.17, 15) is 13.2 Å². The molecule has 10 heteroatoms. The molecule has 37 heavy (non-hydrogen) atoms. The maximum absolute atomic E-state index is 13.6. The number of hydrogen-bond acceptors (Lipinski definition) is 6. The zero-order valence-electron chi connectivity index (χ0n) is 22.2. The van der Waals surface area contributed by atoms with Crippen LogP contribution in [0.3, 0.4) is 0 Å². The number of thiazole rings is 1. The summed E-state index contributed by atoms with van der Waals surface area (Å²) in [6, 6.07) is 10.6. The van der Waals surface area contributed by atoms with Gasteiger partial charge in [0.2, 0.25) is 10.0 Å². The third-order valence-electron chi connectivity index (χ3n) is 6.94. The number of rotatable bonds is 8. The van der Waals surface area contributed by atoms with Gasteiger partial charge in [-0.05, 0) is 107 Å². The number of amides is 1. The normalized spacial score (nSPS) is 15.2. The highest BCUT2D eigenvalue weighted by Crippen LogP contribution is 2.32. The molecular formula is C27H37ClN4O3S2. The number of benzene rings is 2. The van der Waals surface area contributed by atoms with Crippen LogP contribution in [0.1, 0.15) is 47.7 Å². The van der Waals surface area contributed by atoms with Gasteiger partial charge in [0, 0.05) is 25.2 Å². The van der Waals surface area contributed by atoms with E-state index in [1.165, 1.54) is 22.5 Å². The molecule has 1 fully saturated rings. The van der Waals surface area contributed by atoms with E-state index in [4.69, 9.17) is 4.98 Å². The molecule has 0 spiro atoms. The van der Waals surface area contributed by atoms with Gasteiger partial charge in [-0.1, -0.05) is 18.3 Å². The molecule has 202 valence electrons. The van der Waals surface area contributed by atoms with Crippen LogP contribution in [0.2, 0.25) is 0 Å². The molecule has 2 heterocycles. The lowest BCUT2D eigenvalue weighted by Crippen LogP contribution is -2.38. The zero-order valence-corrected chi connectivity index (χ0v) is 24.7. The lowest BCUT2D eigenvalue weighted by atomic mass is 10.0. The first-order valence-corrected chi connectivity index (χ1v) is 14.8. The summed E-state index contributed by atoms with van der Waals surface area (Å²) in [4.78, 5) is 22.5. The number of fused-ring (bicyclic) bond motifs is 1. The first-order valence-electron chi connectivity index (χ1n) is 12.5. The fourth-order valence-electron chi connectivity index (χ4n) is 4.41. The van der Waals surface area contributed by atoms with Crippen molar-refractivity contribution in [3.05, 3.63) is 53.1 Å². The number of halogens is 1. The molecule has 1 amide bonds. The molecule has 1 saturated heterocycles. The van der Waals surface area contributed by atoms with Gasteiger partial charge in [-0.3, -0.25) is 9.69 Å². The van der Waals surface area contributed by atoms with Crippen LogP contribution >= 0.6 is 23.7 Å². The van der Waals surface area contributed by atoms with Crippen LogP contribution in [0.4, 0.5) is 5.13 Å². The fourth-order valence-corrected chi connectivity index (χ4v) is 6.95. The van der Waals surface area contributed by atoms with Crippen molar-refractivity contribution < 1.29 is 13.2 Å². The Labute approximate surface area is 230 Å². The van der Waals surface area contributed by atoms with Gasteiger partial charge in [-0.2, -0.15) is 4.31 Å². The highest BCUT2D eigenvalue weighted by Gasteiger charge is 2.29. The summed E-state index contributed by atoms with van der Waals surface area (Å²) in [5, 5.41) is 0.665. The van der Waals surface area contributed by atoms with Crippen LogP contribution in [0.25, 0.3) is 10.2 Å². The number of aryl methyl sites for hydroxylation is 2. The Morgan fingerprint density at radius 1 is 1.05 bits per heavy atom. The van der Waals surface area contributed by atoms with Crippen molar-refractivity contribution >= 4 is 55.0 Å². The molecule has 0 bridgehead atoms. The molecule has 7 nitrogen and oxygen atoms in total. The van der Waals surface area contributed by atoms with Crippen LogP contribution < -0.4 is 4.90 Å². The van der Waals surface area contributed by atoms with E-state index in [0.717, 1.165) is 36.0 Å². The largest absolute Gasteiger partial charge is 0.309 e. The predicted molar refractivity (Wildman–Crippen MR) is 155 cm³/mol. The second-order valence-corrected chi connectivity index (χ2v) is 13.1. The maximum Gasteiger partial charge on any atom is 0.260 e. The molecule has 0 saturated carbocycles. The average Bonchev–Trinajstić information content (AvgIpc) is 3.24. The van der Waals surface area contributed by atoms with Gasteiger partial charge in [-0.15, -0.1) is 12.4 Å². The van der Waals surface area contributed by atoms with Crippen molar-refractivity contribution in [3.63, 3.8) is 0 Å². The highest BCUT2D eigenvalue weighted by atomic mass is 35.5. The molecule has 1 aromatic heterocycles. The number of sulfonamides is 1. The van der Waals surface area contributed by atoms with Crippen molar-refractivity contribution in [2.24, 2.45) is 5.92 Å². The third-order valence-corrected chi connectivity index (χ3v) is 9.89. The van der Waals surface area contributed by atoms with Crippen molar-refractivity contribution in [3.8, 4) is 0 Å². The van der Waals surface area contributed by atoms with E-state index < -0.39 is 10.0 Å². The van der Waals surface area contributed by atoms with E-state index in [1.807, 2.05) is 14.1 Å². The lowest BCUT2D eigenvalue weighted by Gasteiger charge is -2.29. The standard InChI is InChI=1S/C27H36N4O3S2.ClH/c1-19-11-15-30(16-12-19)36(33,34)23-9-7-22(8-10-23)26(32)31(14-6-13-29(4)5)27-28-24-17-20(2)21(3)18-25(24)35-27;/h7-10,17-19H,6,11-16H2,1-5H3;1H. The number of piperidine rings is 1. The summed E-state index contributed by atoms with van der Waals surface area (Å²) < 4.78 is 28.8. The van der Waals surface area contributed by atoms with Crippen LogP contribution in [0.5, 0.6) is 0 Å². The second-order valence-electron chi connectivity index (χ2n) is 10.1. The Hall–Kier alpha value is -2.04. The average molecular weight is 565 g/mol. The van der Waals surface area contributed by atoms with Crippen LogP contribution in [-0.2, 0) is 10.0 Å². The molecule has 0 radical (unpaired) electrons. The van der Waals surface area contributed by atoms with Crippen LogP contribution in [-0.4, -0.2) is 68.8 Å². The quantitative estimate of drug-likeness (QED) is 0.368. The van der Waals surface area contributed by atoms with Crippen molar-refractivity contribution in [2.45, 2.75) is 44.9 Å². The van der Waals surface area contributed by atoms with E-state index in [-0.39, 0.29) is 23.2 Å². The van der Waals surface area contributed by atoms with E-state index in [2.05, 4.69) is 37.8 Å². The Kier molecular flexibility index (Phi) is 9.74. The van der Waals surface area contributed by atoms with Gasteiger partial charge in [0.05, 0.1) is 15.1 Å². The first kappa shape index (κ1) is 29.5. The van der Waals surface area contributed by atoms with E-state index in [0.29, 0.717) is 36.2 Å². The minimum atomic E-state index is -3.56. The maximum atomic E-state index is 13.6. The molecule has 2 aromatic carbocycles. The molecular weight excluding hydrogens is 528 g/mol. The monoisotopic (exact) mass is 564 g/mol. The molecule has 3 aromatic rings. The van der Waals surface area contributed by atoms with Gasteiger partial charge >= 0.3 is 0 Å². The molecule has 0 N–H and O–H groups in total. The van der Waals surface area contributed by atoms with Crippen LogP contribution in [0, 0.1) is 19.8 Å². The number of aromatic nitrogens is 1. The summed E-state index contributed by atoms with van der Waals surface area (Å²) >= 11 is 1.51. The molecule has 0 aliphatic carbocycles. The van der Waals surface area contributed by atoms with Crippen molar-refractivity contribution in [1.82, 2.24) is 14.2 Å².